The summed E-state index contributed by atoms with van der Waals surface area (Å²) in [6.45, 7) is 7.75. The Balaban J connectivity index is 4.22. The van der Waals surface area contributed by atoms with Crippen LogP contribution in [-0.4, -0.2) is 34.8 Å². The molecule has 0 aromatic rings. The Bertz CT molecular complexity index is 174. The van der Waals surface area contributed by atoms with Gasteiger partial charge in [-0.1, -0.05) is 0 Å². The lowest BCUT2D eigenvalue weighted by Crippen LogP contribution is -2.45. The molecule has 0 saturated carbocycles. The molecule has 96 valence electrons. The largest absolute Gasteiger partial charge is 0.500 e. The molecule has 0 radical (unpaired) electrons. The Labute approximate surface area is 99.3 Å². The highest BCUT2D eigenvalue weighted by Gasteiger charge is 2.39. The van der Waals surface area contributed by atoms with E-state index in [9.17, 15) is 0 Å². The van der Waals surface area contributed by atoms with Crippen LogP contribution in [0.25, 0.3) is 0 Å². The van der Waals surface area contributed by atoms with Gasteiger partial charge in [-0.05, 0) is 33.6 Å². The molecule has 0 aliphatic carbocycles. The number of nitrogens with zero attached hydrogens (tertiary/aromatic N) is 1. The number of rotatable bonds is 10. The van der Waals surface area contributed by atoms with E-state index in [1.165, 1.54) is 0 Å². The first kappa shape index (κ1) is 15.6. The number of unbranched alkanes of at least 4 members (excludes halogenated alkanes) is 1. The predicted octanol–water partition coefficient (Wildman–Crippen LogP) is 1.76. The molecule has 5 nitrogen and oxygen atoms in total. The number of hydrogen-bond donors (Lipinski definition) is 1. The first-order valence-corrected chi connectivity index (χ1v) is 7.81. The van der Waals surface area contributed by atoms with Gasteiger partial charge in [0.15, 0.2) is 0 Å². The fraction of sp³-hybridized carbons (Fsp3) is 0.900. The van der Waals surface area contributed by atoms with Crippen molar-refractivity contribution in [3.05, 3.63) is 0 Å². The second-order valence-electron chi connectivity index (χ2n) is 3.21. The summed E-state index contributed by atoms with van der Waals surface area (Å²) in [6, 6.07) is 0.814. The second-order valence-corrected chi connectivity index (χ2v) is 5.94. The normalized spacial score (nSPS) is 12.4. The van der Waals surface area contributed by atoms with Gasteiger partial charge < -0.3 is 19.1 Å². The van der Waals surface area contributed by atoms with E-state index in [1.54, 1.807) is 6.21 Å². The zero-order chi connectivity index (χ0) is 12.3. The monoisotopic (exact) mass is 248 g/mol. The minimum absolute atomic E-state index is 0.622. The number of hydrogen-bond acceptors (Lipinski definition) is 5. The van der Waals surface area contributed by atoms with Crippen LogP contribution in [0.5, 0.6) is 0 Å². The summed E-state index contributed by atoms with van der Waals surface area (Å²) in [5.74, 6) is 5.04. The minimum atomic E-state index is -2.45. The lowest BCUT2D eigenvalue weighted by atomic mass is 10.4. The topological polar surface area (TPSA) is 66.1 Å². The van der Waals surface area contributed by atoms with Crippen molar-refractivity contribution in [2.24, 2.45) is 10.9 Å². The highest BCUT2D eigenvalue weighted by molar-refractivity contribution is 6.60. The SMILES string of the molecule is CCO[Si](CCCC=NN)(OCC)OCC. The third kappa shape index (κ3) is 6.22. The molecule has 0 heterocycles. The lowest BCUT2D eigenvalue weighted by molar-refractivity contribution is 0.0710. The molecule has 0 saturated heterocycles. The van der Waals surface area contributed by atoms with Crippen molar-refractivity contribution in [3.63, 3.8) is 0 Å². The van der Waals surface area contributed by atoms with Gasteiger partial charge in [-0.25, -0.2) is 0 Å². The molecule has 0 amide bonds. The second kappa shape index (κ2) is 9.77. The van der Waals surface area contributed by atoms with Crippen molar-refractivity contribution in [3.8, 4) is 0 Å². The molecule has 0 bridgehead atoms. The molecule has 0 aromatic heterocycles. The van der Waals surface area contributed by atoms with Crippen LogP contribution in [0.1, 0.15) is 33.6 Å². The van der Waals surface area contributed by atoms with Gasteiger partial charge in [-0.3, -0.25) is 0 Å². The van der Waals surface area contributed by atoms with Gasteiger partial charge in [0.1, 0.15) is 0 Å². The van der Waals surface area contributed by atoms with Crippen molar-refractivity contribution in [1.82, 2.24) is 0 Å². The molecule has 0 aliphatic rings. The first-order chi connectivity index (χ1) is 7.74. The van der Waals surface area contributed by atoms with Crippen LogP contribution in [0, 0.1) is 0 Å². The van der Waals surface area contributed by atoms with Gasteiger partial charge in [0, 0.05) is 32.1 Å². The zero-order valence-corrected chi connectivity index (χ0v) is 11.6. The van der Waals surface area contributed by atoms with Crippen molar-refractivity contribution < 1.29 is 13.3 Å². The van der Waals surface area contributed by atoms with E-state index in [2.05, 4.69) is 5.10 Å². The number of hydrazone groups is 1. The summed E-state index contributed by atoms with van der Waals surface area (Å²) in [6.07, 6.45) is 3.45. The minimum Gasteiger partial charge on any atom is -0.374 e. The Hall–Kier alpha value is -0.433. The molecular weight excluding hydrogens is 224 g/mol. The van der Waals surface area contributed by atoms with Gasteiger partial charge in [0.25, 0.3) is 0 Å². The summed E-state index contributed by atoms with van der Waals surface area (Å²) >= 11 is 0. The van der Waals surface area contributed by atoms with Crippen LogP contribution in [0.15, 0.2) is 5.10 Å². The van der Waals surface area contributed by atoms with Crippen molar-refractivity contribution in [2.75, 3.05) is 19.8 Å². The highest BCUT2D eigenvalue weighted by atomic mass is 28.4. The molecule has 0 aromatic carbocycles. The molecule has 0 spiro atoms. The molecule has 2 N–H and O–H groups in total. The van der Waals surface area contributed by atoms with Crippen LogP contribution >= 0.6 is 0 Å². The maximum atomic E-state index is 5.71. The van der Waals surface area contributed by atoms with Crippen LogP contribution in [0.2, 0.25) is 6.04 Å². The quantitative estimate of drug-likeness (QED) is 0.210. The van der Waals surface area contributed by atoms with Crippen LogP contribution in [0.3, 0.4) is 0 Å². The third-order valence-electron chi connectivity index (χ3n) is 2.01. The van der Waals surface area contributed by atoms with E-state index in [4.69, 9.17) is 19.1 Å². The smallest absolute Gasteiger partial charge is 0.374 e. The van der Waals surface area contributed by atoms with E-state index in [0.29, 0.717) is 19.8 Å². The Morgan fingerprint density at radius 3 is 1.94 bits per heavy atom. The third-order valence-corrected chi connectivity index (χ3v) is 5.17. The van der Waals surface area contributed by atoms with E-state index >= 15 is 0 Å². The average molecular weight is 248 g/mol. The Kier molecular flexibility index (Phi) is 9.50. The fourth-order valence-electron chi connectivity index (χ4n) is 1.49. The highest BCUT2D eigenvalue weighted by Crippen LogP contribution is 2.18. The fourth-order valence-corrected chi connectivity index (χ4v) is 4.13. The standard InChI is InChI=1S/C10H24N2O3Si/c1-4-13-16(14-5-2,15-6-3)10-8-7-9-12-11/h9H,4-8,10-11H2,1-3H3. The predicted molar refractivity (Wildman–Crippen MR) is 67.4 cm³/mol. The molecule has 0 aliphatic heterocycles. The summed E-state index contributed by atoms with van der Waals surface area (Å²) in [5.41, 5.74) is 0. The summed E-state index contributed by atoms with van der Waals surface area (Å²) < 4.78 is 17.1. The van der Waals surface area contributed by atoms with E-state index in [-0.39, 0.29) is 0 Å². The van der Waals surface area contributed by atoms with Gasteiger partial charge in [0.05, 0.1) is 0 Å². The maximum absolute atomic E-state index is 5.71. The molecular formula is C10H24N2O3Si. The van der Waals surface area contributed by atoms with Crippen LogP contribution in [0.4, 0.5) is 0 Å². The van der Waals surface area contributed by atoms with E-state index in [1.807, 2.05) is 20.8 Å². The van der Waals surface area contributed by atoms with Crippen LogP contribution < -0.4 is 5.84 Å². The van der Waals surface area contributed by atoms with Crippen LogP contribution in [-0.2, 0) is 13.3 Å². The average Bonchev–Trinajstić information content (AvgIpc) is 2.26. The van der Waals surface area contributed by atoms with Gasteiger partial charge in [0.2, 0.25) is 0 Å². The van der Waals surface area contributed by atoms with Gasteiger partial charge in [-0.15, -0.1) is 0 Å². The lowest BCUT2D eigenvalue weighted by Gasteiger charge is -2.28. The van der Waals surface area contributed by atoms with Gasteiger partial charge >= 0.3 is 8.80 Å². The summed E-state index contributed by atoms with van der Waals surface area (Å²) in [4.78, 5) is 0. The molecule has 0 unspecified atom stereocenters. The van der Waals surface area contributed by atoms with Gasteiger partial charge in [-0.2, -0.15) is 5.10 Å². The summed E-state index contributed by atoms with van der Waals surface area (Å²) in [5, 5.41) is 3.46. The molecule has 0 fully saturated rings. The molecule has 16 heavy (non-hydrogen) atoms. The first-order valence-electron chi connectivity index (χ1n) is 5.88. The van der Waals surface area contributed by atoms with E-state index < -0.39 is 8.80 Å². The molecule has 0 rings (SSSR count). The van der Waals surface area contributed by atoms with Crippen molar-refractivity contribution in [1.29, 1.82) is 0 Å². The van der Waals surface area contributed by atoms with E-state index in [0.717, 1.165) is 18.9 Å². The molecule has 0 atom stereocenters. The number of nitrogens with two attached hydrogens (primary N) is 1. The summed E-state index contributed by atoms with van der Waals surface area (Å²) in [7, 11) is -2.45. The van der Waals surface area contributed by atoms with Crippen molar-refractivity contribution >= 4 is 15.0 Å². The zero-order valence-electron chi connectivity index (χ0n) is 10.6. The Morgan fingerprint density at radius 2 is 1.56 bits per heavy atom. The molecule has 6 heteroatoms. The maximum Gasteiger partial charge on any atom is 0.500 e. The Morgan fingerprint density at radius 1 is 1.06 bits per heavy atom. The van der Waals surface area contributed by atoms with Crippen molar-refractivity contribution in [2.45, 2.75) is 39.7 Å².